The molecule has 0 aliphatic carbocycles. The number of fused-ring (bicyclic) bond motifs is 1. The first-order valence-electron chi connectivity index (χ1n) is 8.23. The molecule has 3 aromatic heterocycles. The zero-order valence-corrected chi connectivity index (χ0v) is 14.7. The van der Waals surface area contributed by atoms with E-state index in [0.717, 1.165) is 42.6 Å². The maximum atomic E-state index is 13.0. The minimum absolute atomic E-state index is 0.0359. The van der Waals surface area contributed by atoms with Crippen molar-refractivity contribution in [3.05, 3.63) is 40.2 Å². The second-order valence-electron chi connectivity index (χ2n) is 6.14. The fourth-order valence-electron chi connectivity index (χ4n) is 3.28. The smallest absolute Gasteiger partial charge is 0.266 e. The van der Waals surface area contributed by atoms with Crippen molar-refractivity contribution in [1.82, 2.24) is 24.8 Å². The number of carbonyl (C=O) groups excluding carboxylic acids is 1. The molecule has 0 aromatic carbocycles. The van der Waals surface area contributed by atoms with E-state index in [9.17, 15) is 4.79 Å². The van der Waals surface area contributed by atoms with Crippen molar-refractivity contribution in [2.75, 3.05) is 12.3 Å². The van der Waals surface area contributed by atoms with Crippen molar-refractivity contribution in [3.63, 3.8) is 0 Å². The number of nitrogens with zero attached hydrogens (tertiary/aromatic N) is 5. The van der Waals surface area contributed by atoms with Gasteiger partial charge in [-0.25, -0.2) is 19.9 Å². The monoisotopic (exact) mass is 354 g/mol. The molecule has 7 nitrogen and oxygen atoms in total. The summed E-state index contributed by atoms with van der Waals surface area (Å²) in [6.45, 7) is 2.60. The number of anilines is 1. The molecule has 0 unspecified atom stereocenters. The van der Waals surface area contributed by atoms with Crippen LogP contribution in [-0.4, -0.2) is 37.3 Å². The van der Waals surface area contributed by atoms with Crippen LogP contribution in [0.3, 0.4) is 0 Å². The van der Waals surface area contributed by atoms with E-state index in [2.05, 4.69) is 19.9 Å². The average molecular weight is 354 g/mol. The van der Waals surface area contributed by atoms with Crippen molar-refractivity contribution in [2.45, 2.75) is 32.2 Å². The number of aromatic nitrogens is 4. The third kappa shape index (κ3) is 2.82. The van der Waals surface area contributed by atoms with Crippen LogP contribution < -0.4 is 5.73 Å². The Morgan fingerprint density at radius 2 is 2.16 bits per heavy atom. The molecule has 8 heteroatoms. The van der Waals surface area contributed by atoms with Crippen molar-refractivity contribution >= 4 is 34.1 Å². The van der Waals surface area contributed by atoms with E-state index >= 15 is 0 Å². The van der Waals surface area contributed by atoms with Gasteiger partial charge in [0.25, 0.3) is 5.91 Å². The van der Waals surface area contributed by atoms with Gasteiger partial charge in [-0.2, -0.15) is 0 Å². The molecule has 0 spiro atoms. The molecule has 25 heavy (non-hydrogen) atoms. The van der Waals surface area contributed by atoms with Gasteiger partial charge in [-0.1, -0.05) is 0 Å². The lowest BCUT2D eigenvalue weighted by Crippen LogP contribution is -2.38. The first-order valence-corrected chi connectivity index (χ1v) is 9.11. The number of thiazole rings is 1. The molecule has 1 amide bonds. The molecule has 2 N–H and O–H groups in total. The van der Waals surface area contributed by atoms with Gasteiger partial charge < -0.3 is 10.6 Å². The van der Waals surface area contributed by atoms with Crippen LogP contribution in [0.5, 0.6) is 0 Å². The van der Waals surface area contributed by atoms with E-state index in [1.807, 2.05) is 24.0 Å². The lowest BCUT2D eigenvalue weighted by molar-refractivity contribution is 0.0610. The van der Waals surface area contributed by atoms with Crippen LogP contribution in [0.4, 0.5) is 5.82 Å². The van der Waals surface area contributed by atoms with Gasteiger partial charge in [-0.15, -0.1) is 11.3 Å². The van der Waals surface area contributed by atoms with Crippen LogP contribution in [0.25, 0.3) is 11.0 Å². The molecule has 3 aromatic rings. The Hall–Kier alpha value is -2.61. The molecular weight excluding hydrogens is 336 g/mol. The summed E-state index contributed by atoms with van der Waals surface area (Å²) in [5.41, 5.74) is 9.80. The Bertz CT molecular complexity index is 940. The van der Waals surface area contributed by atoms with Gasteiger partial charge in [0.2, 0.25) is 0 Å². The highest BCUT2D eigenvalue weighted by Gasteiger charge is 2.31. The number of nitrogens with two attached hydrogens (primary N) is 1. The Labute approximate surface area is 148 Å². The summed E-state index contributed by atoms with van der Waals surface area (Å²) >= 11 is 1.39. The van der Waals surface area contributed by atoms with Crippen LogP contribution in [-0.2, 0) is 0 Å². The molecule has 1 aliphatic heterocycles. The van der Waals surface area contributed by atoms with Gasteiger partial charge in [0.15, 0.2) is 5.65 Å². The van der Waals surface area contributed by atoms with Crippen LogP contribution >= 0.6 is 11.3 Å². The fraction of sp³-hybridized carbons (Fsp3) is 0.353. The molecule has 0 saturated carbocycles. The number of amides is 1. The maximum Gasteiger partial charge on any atom is 0.266 e. The standard InChI is InChI=1S/C17H18N6OS/c1-10-14(25-9-21-10)17(24)23-7-3-2-4-13(23)12-6-5-11-15(18)19-8-20-16(11)22-12/h5-6,8-9,13H,2-4,7H2,1H3,(H2,18,19,20,22)/t13-/m1/s1. The Kier molecular flexibility index (Phi) is 4.04. The minimum atomic E-state index is -0.0525. The van der Waals surface area contributed by atoms with Crippen molar-refractivity contribution in [1.29, 1.82) is 0 Å². The number of rotatable bonds is 2. The third-order valence-electron chi connectivity index (χ3n) is 4.59. The highest BCUT2D eigenvalue weighted by Crippen LogP contribution is 2.33. The molecule has 128 valence electrons. The zero-order chi connectivity index (χ0) is 17.4. The average Bonchev–Trinajstić information content (AvgIpc) is 3.07. The van der Waals surface area contributed by atoms with Gasteiger partial charge in [0.1, 0.15) is 17.0 Å². The number of nitrogen functional groups attached to an aromatic ring is 1. The highest BCUT2D eigenvalue weighted by atomic mass is 32.1. The summed E-state index contributed by atoms with van der Waals surface area (Å²) in [7, 11) is 0. The number of pyridine rings is 1. The summed E-state index contributed by atoms with van der Waals surface area (Å²) in [6, 6.07) is 3.77. The van der Waals surface area contributed by atoms with E-state index in [-0.39, 0.29) is 11.9 Å². The highest BCUT2D eigenvalue weighted by molar-refractivity contribution is 7.11. The summed E-state index contributed by atoms with van der Waals surface area (Å²) < 4.78 is 0. The van der Waals surface area contributed by atoms with Gasteiger partial charge >= 0.3 is 0 Å². The van der Waals surface area contributed by atoms with E-state index in [0.29, 0.717) is 16.3 Å². The van der Waals surface area contributed by atoms with E-state index < -0.39 is 0 Å². The molecule has 0 radical (unpaired) electrons. The molecule has 0 bridgehead atoms. The summed E-state index contributed by atoms with van der Waals surface area (Å²) in [6.07, 6.45) is 4.38. The Morgan fingerprint density at radius 3 is 2.96 bits per heavy atom. The van der Waals surface area contributed by atoms with Gasteiger partial charge in [-0.05, 0) is 38.3 Å². The largest absolute Gasteiger partial charge is 0.383 e. The molecule has 1 saturated heterocycles. The number of hydrogen-bond acceptors (Lipinski definition) is 7. The van der Waals surface area contributed by atoms with Crippen molar-refractivity contribution in [2.24, 2.45) is 0 Å². The first kappa shape index (κ1) is 15.9. The van der Waals surface area contributed by atoms with Crippen molar-refractivity contribution < 1.29 is 4.79 Å². The predicted molar refractivity (Wildman–Crippen MR) is 96.2 cm³/mol. The summed E-state index contributed by atoms with van der Waals surface area (Å²) in [4.78, 5) is 32.7. The van der Waals surface area contributed by atoms with E-state index in [4.69, 9.17) is 5.73 Å². The predicted octanol–water partition coefficient (Wildman–Crippen LogP) is 2.74. The molecular formula is C17H18N6OS. The minimum Gasteiger partial charge on any atom is -0.383 e. The van der Waals surface area contributed by atoms with E-state index in [1.165, 1.54) is 17.7 Å². The summed E-state index contributed by atoms with van der Waals surface area (Å²) in [5, 5.41) is 0.734. The van der Waals surface area contributed by atoms with Crippen LogP contribution in [0, 0.1) is 6.92 Å². The number of aryl methyl sites for hydroxylation is 1. The lowest BCUT2D eigenvalue weighted by atomic mass is 9.98. The molecule has 1 fully saturated rings. The number of likely N-dealkylation sites (tertiary alicyclic amines) is 1. The maximum absolute atomic E-state index is 13.0. The van der Waals surface area contributed by atoms with Gasteiger partial charge in [0, 0.05) is 6.54 Å². The number of piperidine rings is 1. The normalized spacial score (nSPS) is 17.8. The van der Waals surface area contributed by atoms with Crippen molar-refractivity contribution in [3.8, 4) is 0 Å². The first-order chi connectivity index (χ1) is 12.1. The van der Waals surface area contributed by atoms with Crippen LogP contribution in [0.2, 0.25) is 0 Å². The second-order valence-corrected chi connectivity index (χ2v) is 7.00. The third-order valence-corrected chi connectivity index (χ3v) is 5.51. The molecule has 4 rings (SSSR count). The molecule has 4 heterocycles. The topological polar surface area (TPSA) is 97.9 Å². The van der Waals surface area contributed by atoms with Gasteiger partial charge in [-0.3, -0.25) is 4.79 Å². The quantitative estimate of drug-likeness (QED) is 0.760. The molecule has 1 aliphatic rings. The van der Waals surface area contributed by atoms with Gasteiger partial charge in [0.05, 0.1) is 28.3 Å². The second kappa shape index (κ2) is 6.36. The van der Waals surface area contributed by atoms with Crippen LogP contribution in [0.15, 0.2) is 24.0 Å². The lowest BCUT2D eigenvalue weighted by Gasteiger charge is -2.35. The summed E-state index contributed by atoms with van der Waals surface area (Å²) in [5.74, 6) is 0.453. The SMILES string of the molecule is Cc1ncsc1C(=O)N1CCCC[C@@H]1c1ccc2c(N)ncnc2n1. The fourth-order valence-corrected chi connectivity index (χ4v) is 4.04. The Balaban J connectivity index is 1.72. The van der Waals surface area contributed by atoms with E-state index in [1.54, 1.807) is 5.51 Å². The number of hydrogen-bond donors (Lipinski definition) is 1. The van der Waals surface area contributed by atoms with Crippen LogP contribution in [0.1, 0.15) is 46.4 Å². The molecule has 1 atom stereocenters. The number of carbonyl (C=O) groups is 1. The Morgan fingerprint density at radius 1 is 1.28 bits per heavy atom. The zero-order valence-electron chi connectivity index (χ0n) is 13.8.